The molecule has 0 saturated carbocycles. The Morgan fingerprint density at radius 2 is 2.05 bits per heavy atom. The molecule has 0 radical (unpaired) electrons. The molecule has 0 unspecified atom stereocenters. The van der Waals surface area contributed by atoms with Gasteiger partial charge < -0.3 is 10.5 Å². The molecule has 2 aromatic heterocycles. The van der Waals surface area contributed by atoms with Gasteiger partial charge >= 0.3 is 6.18 Å². The van der Waals surface area contributed by atoms with Crippen LogP contribution >= 0.6 is 0 Å². The monoisotopic (exact) mass is 295 g/mol. The Balaban J connectivity index is 1.97. The number of nitrogen functional groups attached to an aromatic ring is 1. The van der Waals surface area contributed by atoms with E-state index < -0.39 is 11.7 Å². The van der Waals surface area contributed by atoms with Crippen molar-refractivity contribution in [2.24, 2.45) is 0 Å². The van der Waals surface area contributed by atoms with E-state index in [1.54, 1.807) is 10.6 Å². The first-order valence-corrected chi connectivity index (χ1v) is 5.74. The molecule has 2 heterocycles. The van der Waals surface area contributed by atoms with E-state index in [1.165, 1.54) is 12.5 Å². The summed E-state index contributed by atoms with van der Waals surface area (Å²) in [6.07, 6.45) is 0.0438. The van der Waals surface area contributed by atoms with Crippen LogP contribution in [0.1, 0.15) is 5.56 Å². The zero-order valence-corrected chi connectivity index (χ0v) is 10.4. The lowest BCUT2D eigenvalue weighted by atomic mass is 10.2. The van der Waals surface area contributed by atoms with E-state index in [-0.39, 0.29) is 17.3 Å². The van der Waals surface area contributed by atoms with Crippen molar-refractivity contribution in [1.82, 2.24) is 19.6 Å². The molecule has 9 heteroatoms. The summed E-state index contributed by atoms with van der Waals surface area (Å²) < 4.78 is 44.7. The van der Waals surface area contributed by atoms with Crippen LogP contribution in [0.5, 0.6) is 11.6 Å². The molecule has 21 heavy (non-hydrogen) atoms. The zero-order chi connectivity index (χ0) is 15.0. The Bertz CT molecular complexity index is 799. The average Bonchev–Trinajstić information content (AvgIpc) is 2.89. The molecule has 0 spiro atoms. The van der Waals surface area contributed by atoms with Crippen LogP contribution in [0.2, 0.25) is 0 Å². The normalized spacial score (nSPS) is 11.8. The first-order valence-electron chi connectivity index (χ1n) is 5.74. The summed E-state index contributed by atoms with van der Waals surface area (Å²) >= 11 is 0. The Hall–Kier alpha value is -2.84. The van der Waals surface area contributed by atoms with Crippen molar-refractivity contribution >= 4 is 11.3 Å². The number of hydrogen-bond acceptors (Lipinski definition) is 5. The number of alkyl halides is 3. The molecule has 1 aromatic carbocycles. The van der Waals surface area contributed by atoms with Crippen molar-refractivity contribution in [3.63, 3.8) is 0 Å². The second kappa shape index (κ2) is 4.62. The van der Waals surface area contributed by atoms with Gasteiger partial charge in [0.2, 0.25) is 5.65 Å². The van der Waals surface area contributed by atoms with Crippen LogP contribution in [-0.4, -0.2) is 19.6 Å². The van der Waals surface area contributed by atoms with Gasteiger partial charge in [0.1, 0.15) is 6.33 Å². The zero-order valence-electron chi connectivity index (χ0n) is 10.4. The SMILES string of the molecule is Nc1cc(C(F)(F)F)ccc1Oc1nccn2cnnc12. The molecule has 108 valence electrons. The highest BCUT2D eigenvalue weighted by Gasteiger charge is 2.31. The fraction of sp³-hybridized carbons (Fsp3) is 0.0833. The summed E-state index contributed by atoms with van der Waals surface area (Å²) in [6, 6.07) is 2.83. The lowest BCUT2D eigenvalue weighted by molar-refractivity contribution is -0.137. The number of nitrogens with zero attached hydrogens (tertiary/aromatic N) is 4. The molecule has 0 bridgehead atoms. The van der Waals surface area contributed by atoms with Crippen molar-refractivity contribution < 1.29 is 17.9 Å². The third kappa shape index (κ3) is 2.45. The fourth-order valence-corrected chi connectivity index (χ4v) is 1.73. The van der Waals surface area contributed by atoms with E-state index >= 15 is 0 Å². The van der Waals surface area contributed by atoms with E-state index in [1.807, 2.05) is 0 Å². The molecule has 3 rings (SSSR count). The molecule has 6 nitrogen and oxygen atoms in total. The Labute approximate surface area is 116 Å². The summed E-state index contributed by atoms with van der Waals surface area (Å²) in [4.78, 5) is 3.96. The quantitative estimate of drug-likeness (QED) is 0.735. The van der Waals surface area contributed by atoms with Crippen LogP contribution in [0.3, 0.4) is 0 Å². The number of benzene rings is 1. The second-order valence-electron chi connectivity index (χ2n) is 4.15. The van der Waals surface area contributed by atoms with Crippen LogP contribution < -0.4 is 10.5 Å². The van der Waals surface area contributed by atoms with Gasteiger partial charge in [-0.15, -0.1) is 10.2 Å². The molecule has 2 N–H and O–H groups in total. The number of ether oxygens (including phenoxy) is 1. The number of fused-ring (bicyclic) bond motifs is 1. The molecule has 0 aliphatic heterocycles. The molecule has 0 saturated heterocycles. The number of hydrogen-bond donors (Lipinski definition) is 1. The standard InChI is InChI=1S/C12H8F3N5O/c13-12(14,15)7-1-2-9(8(16)5-7)21-11-10-19-18-6-20(10)4-3-17-11/h1-6H,16H2. The number of aromatic nitrogens is 4. The minimum atomic E-state index is -4.46. The van der Waals surface area contributed by atoms with Crippen molar-refractivity contribution in [1.29, 1.82) is 0 Å². The molecular formula is C12H8F3N5O. The molecule has 0 fully saturated rings. The summed E-state index contributed by atoms with van der Waals surface area (Å²) in [6.45, 7) is 0. The molecule has 0 aliphatic carbocycles. The second-order valence-corrected chi connectivity index (χ2v) is 4.15. The molecule has 0 atom stereocenters. The first kappa shape index (κ1) is 13.2. The van der Waals surface area contributed by atoms with Crippen molar-refractivity contribution in [3.05, 3.63) is 42.5 Å². The first-order chi connectivity index (χ1) is 9.95. The van der Waals surface area contributed by atoms with Crippen molar-refractivity contribution in [3.8, 4) is 11.6 Å². The third-order valence-electron chi connectivity index (χ3n) is 2.73. The highest BCUT2D eigenvalue weighted by molar-refractivity contribution is 5.58. The third-order valence-corrected chi connectivity index (χ3v) is 2.73. The maximum atomic E-state index is 12.6. The van der Waals surface area contributed by atoms with Gasteiger partial charge in [0, 0.05) is 12.4 Å². The molecule has 0 aliphatic rings. The topological polar surface area (TPSA) is 78.3 Å². The Kier molecular flexibility index (Phi) is 2.89. The van der Waals surface area contributed by atoms with Gasteiger partial charge in [0.25, 0.3) is 5.88 Å². The lowest BCUT2D eigenvalue weighted by Gasteiger charge is -2.11. The number of anilines is 1. The number of halogens is 3. The number of nitrogens with two attached hydrogens (primary N) is 1. The summed E-state index contributed by atoms with van der Waals surface area (Å²) in [5.41, 5.74) is 4.93. The van der Waals surface area contributed by atoms with Gasteiger partial charge in [0.15, 0.2) is 5.75 Å². The maximum absolute atomic E-state index is 12.6. The van der Waals surface area contributed by atoms with Crippen LogP contribution in [0.25, 0.3) is 5.65 Å². The van der Waals surface area contributed by atoms with Crippen LogP contribution in [0.4, 0.5) is 18.9 Å². The minimum absolute atomic E-state index is 0.0617. The van der Waals surface area contributed by atoms with Crippen molar-refractivity contribution in [2.45, 2.75) is 6.18 Å². The molecular weight excluding hydrogens is 287 g/mol. The summed E-state index contributed by atoms with van der Waals surface area (Å²) in [7, 11) is 0. The largest absolute Gasteiger partial charge is 0.434 e. The van der Waals surface area contributed by atoms with E-state index in [2.05, 4.69) is 15.2 Å². The predicted molar refractivity (Wildman–Crippen MR) is 66.7 cm³/mol. The van der Waals surface area contributed by atoms with Gasteiger partial charge in [-0.05, 0) is 18.2 Å². The lowest BCUT2D eigenvalue weighted by Crippen LogP contribution is -2.06. The summed E-state index contributed by atoms with van der Waals surface area (Å²) in [5.74, 6) is 0.160. The fourth-order valence-electron chi connectivity index (χ4n) is 1.73. The Morgan fingerprint density at radius 1 is 1.24 bits per heavy atom. The van der Waals surface area contributed by atoms with E-state index in [0.29, 0.717) is 5.65 Å². The van der Waals surface area contributed by atoms with Gasteiger partial charge in [-0.3, -0.25) is 4.40 Å². The van der Waals surface area contributed by atoms with Gasteiger partial charge in [-0.2, -0.15) is 13.2 Å². The van der Waals surface area contributed by atoms with E-state index in [0.717, 1.165) is 18.2 Å². The summed E-state index contributed by atoms with van der Waals surface area (Å²) in [5, 5.41) is 7.49. The highest BCUT2D eigenvalue weighted by Crippen LogP contribution is 2.35. The molecule has 3 aromatic rings. The minimum Gasteiger partial charge on any atom is -0.434 e. The van der Waals surface area contributed by atoms with Crippen molar-refractivity contribution in [2.75, 3.05) is 5.73 Å². The van der Waals surface area contributed by atoms with Crippen LogP contribution in [0, 0.1) is 0 Å². The van der Waals surface area contributed by atoms with Gasteiger partial charge in [-0.1, -0.05) is 0 Å². The van der Waals surface area contributed by atoms with Crippen LogP contribution in [-0.2, 0) is 6.18 Å². The molecule has 0 amide bonds. The smallest absolute Gasteiger partial charge is 0.416 e. The van der Waals surface area contributed by atoms with E-state index in [4.69, 9.17) is 10.5 Å². The number of rotatable bonds is 2. The highest BCUT2D eigenvalue weighted by atomic mass is 19.4. The average molecular weight is 295 g/mol. The maximum Gasteiger partial charge on any atom is 0.416 e. The van der Waals surface area contributed by atoms with E-state index in [9.17, 15) is 13.2 Å². The Morgan fingerprint density at radius 3 is 2.76 bits per heavy atom. The van der Waals surface area contributed by atoms with Gasteiger partial charge in [-0.25, -0.2) is 4.98 Å². The van der Waals surface area contributed by atoms with Crippen LogP contribution in [0.15, 0.2) is 36.9 Å². The van der Waals surface area contributed by atoms with Gasteiger partial charge in [0.05, 0.1) is 11.3 Å². The predicted octanol–water partition coefficient (Wildman–Crippen LogP) is 2.52.